The molecule has 0 aliphatic rings. The first kappa shape index (κ1) is 10.9. The monoisotopic (exact) mass is 238 g/mol. The molecule has 0 saturated heterocycles. The van der Waals surface area contributed by atoms with Crippen molar-refractivity contribution >= 4 is 17.4 Å². The number of hydrogen-bond acceptors (Lipinski definition) is 2. The van der Waals surface area contributed by atoms with E-state index >= 15 is 0 Å². The summed E-state index contributed by atoms with van der Waals surface area (Å²) in [4.78, 5) is 11.8. The molecule has 1 aromatic carbocycles. The van der Waals surface area contributed by atoms with Crippen LogP contribution in [0.15, 0.2) is 41.0 Å². The van der Waals surface area contributed by atoms with Crippen molar-refractivity contribution in [3.8, 4) is 0 Å². The van der Waals surface area contributed by atoms with Gasteiger partial charge in [-0.3, -0.25) is 4.79 Å². The number of benzene rings is 1. The summed E-state index contributed by atoms with van der Waals surface area (Å²) in [7, 11) is 0. The van der Waals surface area contributed by atoms with Gasteiger partial charge < -0.3 is 4.42 Å². The van der Waals surface area contributed by atoms with Crippen LogP contribution in [-0.2, 0) is 6.42 Å². The van der Waals surface area contributed by atoms with Gasteiger partial charge in [-0.2, -0.15) is 0 Å². The van der Waals surface area contributed by atoms with Gasteiger partial charge in [0.05, 0.1) is 17.7 Å². The van der Waals surface area contributed by atoms with E-state index in [1.807, 2.05) is 0 Å². The van der Waals surface area contributed by atoms with Crippen LogP contribution >= 0.6 is 11.6 Å². The number of rotatable bonds is 3. The number of hydrogen-bond donors (Lipinski definition) is 0. The smallest absolute Gasteiger partial charge is 0.172 e. The molecular formula is C12H8ClFO2. The third kappa shape index (κ3) is 2.14. The molecule has 16 heavy (non-hydrogen) atoms. The molecule has 1 aromatic heterocycles. The lowest BCUT2D eigenvalue weighted by Gasteiger charge is -2.02. The van der Waals surface area contributed by atoms with Crippen LogP contribution in [0.4, 0.5) is 4.39 Å². The van der Waals surface area contributed by atoms with E-state index in [0.29, 0.717) is 5.76 Å². The molecule has 82 valence electrons. The summed E-state index contributed by atoms with van der Waals surface area (Å²) in [6.45, 7) is 0. The zero-order valence-corrected chi connectivity index (χ0v) is 9.00. The van der Waals surface area contributed by atoms with Crippen molar-refractivity contribution in [2.75, 3.05) is 0 Å². The van der Waals surface area contributed by atoms with Crippen molar-refractivity contribution in [3.63, 3.8) is 0 Å². The molecular weight excluding hydrogens is 231 g/mol. The number of Topliss-reactive ketones (excluding diaryl/α,β-unsaturated/α-hetero) is 1. The summed E-state index contributed by atoms with van der Waals surface area (Å²) in [5.74, 6) is -0.322. The lowest BCUT2D eigenvalue weighted by Crippen LogP contribution is -2.04. The highest BCUT2D eigenvalue weighted by Gasteiger charge is 2.14. The normalized spacial score (nSPS) is 10.4. The molecule has 1 heterocycles. The third-order valence-electron chi connectivity index (χ3n) is 2.17. The Bertz CT molecular complexity index is 506. The molecule has 0 unspecified atom stereocenters. The molecule has 0 atom stereocenters. The first-order valence-corrected chi connectivity index (χ1v) is 5.06. The number of ketones is 1. The summed E-state index contributed by atoms with van der Waals surface area (Å²) in [5, 5.41) is -0.140. The average Bonchev–Trinajstić information content (AvgIpc) is 2.74. The highest BCUT2D eigenvalue weighted by Crippen LogP contribution is 2.21. The van der Waals surface area contributed by atoms with Gasteiger partial charge in [0.25, 0.3) is 0 Å². The van der Waals surface area contributed by atoms with Crippen molar-refractivity contribution in [2.45, 2.75) is 6.42 Å². The molecule has 2 rings (SSSR count). The maximum absolute atomic E-state index is 13.1. The van der Waals surface area contributed by atoms with E-state index in [9.17, 15) is 9.18 Å². The maximum atomic E-state index is 13.1. The third-order valence-corrected chi connectivity index (χ3v) is 2.55. The van der Waals surface area contributed by atoms with Crippen molar-refractivity contribution in [1.82, 2.24) is 0 Å². The SMILES string of the molecule is O=C(Cc1ccco1)c1cccc(F)c1Cl. The molecule has 0 aliphatic heterocycles. The van der Waals surface area contributed by atoms with Crippen LogP contribution in [0.5, 0.6) is 0 Å². The molecule has 0 amide bonds. The molecule has 0 saturated carbocycles. The van der Waals surface area contributed by atoms with Crippen LogP contribution in [0.1, 0.15) is 16.1 Å². The largest absolute Gasteiger partial charge is 0.469 e. The molecule has 2 nitrogen and oxygen atoms in total. The van der Waals surface area contributed by atoms with E-state index in [1.54, 1.807) is 12.1 Å². The highest BCUT2D eigenvalue weighted by atomic mass is 35.5. The van der Waals surface area contributed by atoms with Crippen LogP contribution in [0, 0.1) is 5.82 Å². The minimum Gasteiger partial charge on any atom is -0.469 e. The Morgan fingerprint density at radius 3 is 2.81 bits per heavy atom. The summed E-state index contributed by atoms with van der Waals surface area (Å²) < 4.78 is 18.1. The van der Waals surface area contributed by atoms with E-state index < -0.39 is 5.82 Å². The molecule has 0 bridgehead atoms. The van der Waals surface area contributed by atoms with Crippen LogP contribution in [0.3, 0.4) is 0 Å². The molecule has 0 spiro atoms. The Morgan fingerprint density at radius 2 is 2.12 bits per heavy atom. The van der Waals surface area contributed by atoms with Gasteiger partial charge in [-0.05, 0) is 24.3 Å². The molecule has 0 fully saturated rings. The van der Waals surface area contributed by atoms with E-state index in [1.165, 1.54) is 24.5 Å². The van der Waals surface area contributed by atoms with Gasteiger partial charge in [0.1, 0.15) is 11.6 Å². The van der Waals surface area contributed by atoms with E-state index in [-0.39, 0.29) is 22.8 Å². The van der Waals surface area contributed by atoms with Gasteiger partial charge in [-0.25, -0.2) is 4.39 Å². The van der Waals surface area contributed by atoms with Crippen molar-refractivity contribution < 1.29 is 13.6 Å². The van der Waals surface area contributed by atoms with E-state index in [2.05, 4.69) is 0 Å². The van der Waals surface area contributed by atoms with Crippen molar-refractivity contribution in [2.24, 2.45) is 0 Å². The zero-order chi connectivity index (χ0) is 11.5. The first-order valence-electron chi connectivity index (χ1n) is 4.68. The zero-order valence-electron chi connectivity index (χ0n) is 8.24. The lowest BCUT2D eigenvalue weighted by atomic mass is 10.1. The Labute approximate surface area is 96.6 Å². The number of carbonyl (C=O) groups is 1. The summed E-state index contributed by atoms with van der Waals surface area (Å²) >= 11 is 5.70. The van der Waals surface area contributed by atoms with E-state index in [4.69, 9.17) is 16.0 Å². The predicted octanol–water partition coefficient (Wildman–Crippen LogP) is 3.50. The Kier molecular flexibility index (Phi) is 3.06. The summed E-state index contributed by atoms with van der Waals surface area (Å²) in [6, 6.07) is 7.54. The second-order valence-corrected chi connectivity index (χ2v) is 3.66. The number of halogens is 2. The minimum atomic E-state index is -0.591. The Balaban J connectivity index is 2.24. The van der Waals surface area contributed by atoms with Gasteiger partial charge in [0, 0.05) is 5.56 Å². The van der Waals surface area contributed by atoms with Crippen LogP contribution < -0.4 is 0 Å². The second-order valence-electron chi connectivity index (χ2n) is 3.28. The molecule has 0 radical (unpaired) electrons. The first-order chi connectivity index (χ1) is 7.68. The predicted molar refractivity (Wildman–Crippen MR) is 58.2 cm³/mol. The fourth-order valence-corrected chi connectivity index (χ4v) is 1.62. The highest BCUT2D eigenvalue weighted by molar-refractivity contribution is 6.34. The molecule has 0 N–H and O–H groups in total. The topological polar surface area (TPSA) is 30.2 Å². The van der Waals surface area contributed by atoms with Crippen molar-refractivity contribution in [3.05, 3.63) is 58.8 Å². The van der Waals surface area contributed by atoms with Gasteiger partial charge in [0.2, 0.25) is 0 Å². The minimum absolute atomic E-state index is 0.0795. The second kappa shape index (κ2) is 4.49. The summed E-state index contributed by atoms with van der Waals surface area (Å²) in [6.07, 6.45) is 1.56. The fraction of sp³-hybridized carbons (Fsp3) is 0.0833. The quantitative estimate of drug-likeness (QED) is 0.766. The Hall–Kier alpha value is -1.61. The van der Waals surface area contributed by atoms with Gasteiger partial charge in [0.15, 0.2) is 5.78 Å². The average molecular weight is 239 g/mol. The lowest BCUT2D eigenvalue weighted by molar-refractivity contribution is 0.0986. The molecule has 0 aliphatic carbocycles. The van der Waals surface area contributed by atoms with Gasteiger partial charge in [-0.1, -0.05) is 17.7 Å². The number of carbonyl (C=O) groups excluding carboxylic acids is 1. The molecule has 4 heteroatoms. The van der Waals surface area contributed by atoms with Crippen LogP contribution in [0.2, 0.25) is 5.02 Å². The maximum Gasteiger partial charge on any atom is 0.172 e. The Morgan fingerprint density at radius 1 is 1.31 bits per heavy atom. The molecule has 2 aromatic rings. The van der Waals surface area contributed by atoms with E-state index in [0.717, 1.165) is 0 Å². The van der Waals surface area contributed by atoms with Gasteiger partial charge in [-0.15, -0.1) is 0 Å². The standard InChI is InChI=1S/C12H8ClFO2/c13-12-9(4-1-5-10(12)14)11(15)7-8-3-2-6-16-8/h1-6H,7H2. The van der Waals surface area contributed by atoms with Crippen LogP contribution in [-0.4, -0.2) is 5.78 Å². The van der Waals surface area contributed by atoms with Crippen molar-refractivity contribution in [1.29, 1.82) is 0 Å². The van der Waals surface area contributed by atoms with Crippen LogP contribution in [0.25, 0.3) is 0 Å². The van der Waals surface area contributed by atoms with Gasteiger partial charge >= 0.3 is 0 Å². The number of furan rings is 1. The fourth-order valence-electron chi connectivity index (χ4n) is 1.39. The summed E-state index contributed by atoms with van der Waals surface area (Å²) in [5.41, 5.74) is 0.179.